The molecule has 16 nitrogen and oxygen atoms in total. The number of likely N-dealkylation sites (N-methyl/N-ethyl adjacent to an activating group) is 1. The minimum Gasteiger partial charge on any atom is -0.458 e. The zero-order chi connectivity index (χ0) is 37.9. The van der Waals surface area contributed by atoms with Crippen molar-refractivity contribution in [3.8, 4) is 0 Å². The van der Waals surface area contributed by atoms with Crippen molar-refractivity contribution < 1.29 is 53.3 Å². The Labute approximate surface area is 294 Å². The molecular weight excluding hydrogens is 656 g/mol. The fourth-order valence-electron chi connectivity index (χ4n) is 7.95. The molecule has 1 amide bonds. The number of nitrogens with zero attached hydrogens (tertiary/aromatic N) is 3. The van der Waals surface area contributed by atoms with Crippen LogP contribution in [-0.4, -0.2) is 125 Å². The number of aliphatic hydroxyl groups excluding tert-OH is 2. The van der Waals surface area contributed by atoms with Gasteiger partial charge in [0, 0.05) is 23.8 Å². The number of primary amides is 1. The predicted molar refractivity (Wildman–Crippen MR) is 181 cm³/mol. The van der Waals surface area contributed by atoms with E-state index < -0.39 is 88.8 Å². The molecule has 3 fully saturated rings. The van der Waals surface area contributed by atoms with Crippen molar-refractivity contribution in [3.05, 3.63) is 22.3 Å². The van der Waals surface area contributed by atoms with E-state index >= 15 is 0 Å². The first kappa shape index (κ1) is 41.7. The largest absolute Gasteiger partial charge is 0.458 e. The van der Waals surface area contributed by atoms with E-state index in [1.54, 1.807) is 34.6 Å². The van der Waals surface area contributed by atoms with Crippen LogP contribution in [0.5, 0.6) is 0 Å². The molecule has 16 heteroatoms. The fraction of sp³-hybridized carbons (Fsp3) is 0.853. The molecule has 14 atom stereocenters. The Balaban J connectivity index is 2.33. The lowest BCUT2D eigenvalue weighted by atomic mass is 9.73. The van der Waals surface area contributed by atoms with Gasteiger partial charge in [0.25, 0.3) is 0 Å². The monoisotopic (exact) mass is 714 g/mol. The van der Waals surface area contributed by atoms with Crippen LogP contribution in [0.15, 0.2) is 17.3 Å². The van der Waals surface area contributed by atoms with E-state index in [1.165, 1.54) is 13.8 Å². The Morgan fingerprint density at radius 3 is 2.34 bits per heavy atom. The van der Waals surface area contributed by atoms with Crippen LogP contribution >= 0.6 is 0 Å². The van der Waals surface area contributed by atoms with E-state index in [2.05, 4.69) is 11.7 Å². The number of hydrogen-bond acceptors (Lipinski definition) is 13. The van der Waals surface area contributed by atoms with Gasteiger partial charge in [-0.25, -0.2) is 14.9 Å². The van der Waals surface area contributed by atoms with Crippen LogP contribution in [0.4, 0.5) is 4.79 Å². The molecule has 2 bridgehead atoms. The summed E-state index contributed by atoms with van der Waals surface area (Å²) in [5, 5.41) is 38.4. The number of rotatable bonds is 6. The van der Waals surface area contributed by atoms with Crippen molar-refractivity contribution in [1.29, 1.82) is 0 Å². The second-order valence-electron chi connectivity index (χ2n) is 14.9. The highest BCUT2D eigenvalue weighted by Gasteiger charge is 2.55. The van der Waals surface area contributed by atoms with Gasteiger partial charge in [-0.05, 0) is 66.6 Å². The predicted octanol–water partition coefficient (Wildman–Crippen LogP) is 2.65. The Bertz CT molecular complexity index is 1270. The molecule has 3 heterocycles. The van der Waals surface area contributed by atoms with Crippen molar-refractivity contribution in [3.63, 3.8) is 0 Å². The molecule has 3 aliphatic heterocycles. The Kier molecular flexibility index (Phi) is 14.0. The number of aliphatic hydroxyl groups is 2. The molecule has 1 unspecified atom stereocenters. The van der Waals surface area contributed by atoms with E-state index in [1.807, 2.05) is 25.9 Å². The average molecular weight is 715 g/mol. The average Bonchev–Trinajstić information content (AvgIpc) is 3.03. The summed E-state index contributed by atoms with van der Waals surface area (Å²) in [4.78, 5) is 40.2. The van der Waals surface area contributed by atoms with Gasteiger partial charge in [-0.15, -0.1) is 0 Å². The number of hydrazone groups is 1. The molecule has 3 aliphatic rings. The molecule has 0 spiro atoms. The summed E-state index contributed by atoms with van der Waals surface area (Å²) in [6, 6.07) is -0.312. The number of cyclic esters (lactones) is 1. The van der Waals surface area contributed by atoms with E-state index in [4.69, 9.17) is 34.2 Å². The summed E-state index contributed by atoms with van der Waals surface area (Å²) in [5.41, 5.74) is 2.98. The van der Waals surface area contributed by atoms with E-state index in [0.717, 1.165) is 0 Å². The van der Waals surface area contributed by atoms with Gasteiger partial charge in [0.05, 0.1) is 53.9 Å². The second kappa shape index (κ2) is 16.7. The second-order valence-corrected chi connectivity index (χ2v) is 14.9. The summed E-state index contributed by atoms with van der Waals surface area (Å²) >= 11 is 0. The van der Waals surface area contributed by atoms with Gasteiger partial charge in [0.2, 0.25) is 0 Å². The van der Waals surface area contributed by atoms with Crippen molar-refractivity contribution in [2.24, 2.45) is 34.5 Å². The number of fused-ring (bicyclic) bond motifs is 5. The molecule has 0 radical (unpaired) electrons. The van der Waals surface area contributed by atoms with Crippen LogP contribution < -0.4 is 5.73 Å². The van der Waals surface area contributed by atoms with Crippen molar-refractivity contribution in [2.75, 3.05) is 27.3 Å². The number of esters is 1. The summed E-state index contributed by atoms with van der Waals surface area (Å²) in [5.74, 6) is -4.40. The molecule has 3 saturated heterocycles. The molecule has 0 saturated carbocycles. The van der Waals surface area contributed by atoms with E-state index in [0.29, 0.717) is 12.0 Å². The third-order valence-corrected chi connectivity index (χ3v) is 10.6. The third kappa shape index (κ3) is 9.19. The molecule has 0 aromatic rings. The number of amides is 1. The van der Waals surface area contributed by atoms with Crippen molar-refractivity contribution in [1.82, 2.24) is 4.90 Å². The molecule has 0 aromatic carbocycles. The first-order chi connectivity index (χ1) is 23.2. The van der Waals surface area contributed by atoms with Gasteiger partial charge in [-0.2, -0.15) is 0 Å². The quantitative estimate of drug-likeness (QED) is 0.156. The number of ether oxygens (including phenoxy) is 6. The van der Waals surface area contributed by atoms with E-state index in [-0.39, 0.29) is 43.9 Å². The maximum Gasteiger partial charge on any atom is 0.405 e. The number of hydrogen-bond donors (Lipinski definition) is 3. The van der Waals surface area contributed by atoms with Crippen LogP contribution in [0, 0.1) is 33.8 Å². The molecule has 4 N–H and O–H groups in total. The summed E-state index contributed by atoms with van der Waals surface area (Å²) in [6.07, 6.45) is -7.79. The number of nitro groups is 1. The summed E-state index contributed by atoms with van der Waals surface area (Å²) in [7, 11) is 3.70. The maximum atomic E-state index is 13.8. The highest BCUT2D eigenvalue weighted by Crippen LogP contribution is 2.42. The van der Waals surface area contributed by atoms with Gasteiger partial charge in [-0.3, -0.25) is 4.79 Å². The first-order valence-corrected chi connectivity index (χ1v) is 17.3. The Hall–Kier alpha value is -2.73. The minimum absolute atomic E-state index is 0.0602. The molecule has 0 aromatic heterocycles. The standard InChI is InChI=1S/C34H58N4O12/c1-12-24-34(9,50-32(35)42)29-20(5)25(36-38(43)44)18(3)14-33(8,46-16-17(2)15-45-29)28(21(6)26(39)22(7)30(41)48-24)49-31-27(40)23(37(10)11)13-19(4)47-31/h18-24,26-29,31,39-40H,2,12-16H2,1,3-11H3,(H2,35,42)/b36-25+/t18-,19-,20+,21+,22?,23+,24-,26+,27-,28-,29+,31+,33-,34-/m1/s1. The molecule has 286 valence electrons. The lowest BCUT2D eigenvalue weighted by Crippen LogP contribution is -2.61. The normalized spacial score (nSPS) is 43.3. The SMILES string of the molecule is C=C1CO[C@H]2[C@@H](C)/C(=N/[N+](=O)[O-])[C@H](C)C[C@@](C)(OC1)[C@H](O[C@@H]1O[C@H](C)C[C@H](N(C)C)[C@H]1O)[C@@H](C)[C@H](O)C(C)C(=O)O[C@H](CC)[C@@]2(C)OC(N)=O. The van der Waals surface area contributed by atoms with E-state index in [9.17, 15) is 29.9 Å². The van der Waals surface area contributed by atoms with Crippen molar-refractivity contribution in [2.45, 2.75) is 135 Å². The highest BCUT2D eigenvalue weighted by atomic mass is 16.7. The maximum absolute atomic E-state index is 13.8. The Morgan fingerprint density at radius 1 is 1.14 bits per heavy atom. The van der Waals surface area contributed by atoms with Crippen LogP contribution in [-0.2, 0) is 33.2 Å². The summed E-state index contributed by atoms with van der Waals surface area (Å²) < 4.78 is 37.5. The topological polar surface area (TPSA) is 215 Å². The van der Waals surface area contributed by atoms with Gasteiger partial charge in [-0.1, -0.05) is 34.3 Å². The molecular formula is C34H58N4O12. The number of nitrogens with two attached hydrogens (primary N) is 1. The van der Waals surface area contributed by atoms with Gasteiger partial charge in [0.15, 0.2) is 16.9 Å². The fourth-order valence-corrected chi connectivity index (χ4v) is 7.95. The zero-order valence-corrected chi connectivity index (χ0v) is 31.1. The number of carbonyl (C=O) groups excluding carboxylic acids is 2. The van der Waals surface area contributed by atoms with Crippen molar-refractivity contribution >= 4 is 17.8 Å². The van der Waals surface area contributed by atoms with Crippen LogP contribution in [0.1, 0.15) is 74.7 Å². The lowest BCUT2D eigenvalue weighted by molar-refractivity contribution is -0.485. The smallest absolute Gasteiger partial charge is 0.405 e. The van der Waals surface area contributed by atoms with Crippen LogP contribution in [0.3, 0.4) is 0 Å². The van der Waals surface area contributed by atoms with Gasteiger partial charge < -0.3 is 49.3 Å². The molecule has 50 heavy (non-hydrogen) atoms. The Morgan fingerprint density at radius 2 is 1.78 bits per heavy atom. The first-order valence-electron chi connectivity index (χ1n) is 17.3. The minimum atomic E-state index is -1.77. The van der Waals surface area contributed by atoms with Gasteiger partial charge >= 0.3 is 12.1 Å². The third-order valence-electron chi connectivity index (χ3n) is 10.6. The molecule has 0 aliphatic carbocycles. The van der Waals surface area contributed by atoms with Gasteiger partial charge in [0.1, 0.15) is 18.3 Å². The van der Waals surface area contributed by atoms with Crippen LogP contribution in [0.2, 0.25) is 0 Å². The zero-order valence-electron chi connectivity index (χ0n) is 31.1. The highest BCUT2D eigenvalue weighted by molar-refractivity contribution is 5.89. The number of carbonyl (C=O) groups is 2. The lowest BCUT2D eigenvalue weighted by Gasteiger charge is -2.48. The summed E-state index contributed by atoms with van der Waals surface area (Å²) in [6.45, 7) is 17.4. The van der Waals surface area contributed by atoms with Crippen LogP contribution in [0.25, 0.3) is 0 Å². The molecule has 3 rings (SSSR count).